The molecule has 210 valence electrons. The third-order valence-corrected chi connectivity index (χ3v) is 10.7. The molecule has 7 nitrogen and oxygen atoms in total. The van der Waals surface area contributed by atoms with Crippen molar-refractivity contribution in [2.75, 3.05) is 5.73 Å². The number of anilines is 1. The zero-order valence-corrected chi connectivity index (χ0v) is 25.5. The molecule has 3 aromatic carbocycles. The summed E-state index contributed by atoms with van der Waals surface area (Å²) in [5.74, 6) is 0.991. The Morgan fingerprint density at radius 3 is 2.00 bits per heavy atom. The highest BCUT2D eigenvalue weighted by molar-refractivity contribution is 7.19. The highest BCUT2D eigenvalue weighted by Crippen LogP contribution is 2.50. The second-order valence-electron chi connectivity index (χ2n) is 11.0. The molecule has 0 saturated carbocycles. The minimum atomic E-state index is -0.143. The number of carbonyl (C=O) groups is 2. The van der Waals surface area contributed by atoms with Crippen molar-refractivity contribution in [3.8, 4) is 43.7 Å². The van der Waals surface area contributed by atoms with Gasteiger partial charge < -0.3 is 5.73 Å². The van der Waals surface area contributed by atoms with Crippen molar-refractivity contribution in [1.82, 2.24) is 19.1 Å². The van der Waals surface area contributed by atoms with Gasteiger partial charge in [0.05, 0.1) is 21.6 Å². The van der Waals surface area contributed by atoms with E-state index in [-0.39, 0.29) is 5.91 Å². The first kappa shape index (κ1) is 25.8. The van der Waals surface area contributed by atoms with Gasteiger partial charge in [-0.3, -0.25) is 18.7 Å². The van der Waals surface area contributed by atoms with E-state index in [1.54, 1.807) is 20.5 Å². The average molecular weight is 600 g/mol. The van der Waals surface area contributed by atoms with Gasteiger partial charge in [-0.05, 0) is 62.6 Å². The number of aromatic nitrogens is 4. The number of benzene rings is 3. The monoisotopic (exact) mass is 599 g/mol. The van der Waals surface area contributed by atoms with E-state index in [9.17, 15) is 9.59 Å². The Balaban J connectivity index is 1.65. The van der Waals surface area contributed by atoms with E-state index in [2.05, 4.69) is 19.9 Å². The first-order chi connectivity index (χ1) is 20.8. The van der Waals surface area contributed by atoms with Crippen LogP contribution in [-0.2, 0) is 4.79 Å². The molecule has 4 aromatic heterocycles. The third kappa shape index (κ3) is 3.46. The summed E-state index contributed by atoms with van der Waals surface area (Å²) in [7, 11) is 0. The van der Waals surface area contributed by atoms with Gasteiger partial charge in [0.25, 0.3) is 5.91 Å². The third-order valence-electron chi connectivity index (χ3n) is 8.44. The molecule has 1 aliphatic rings. The molecule has 0 unspecified atom stereocenters. The highest BCUT2D eigenvalue weighted by atomic mass is 32.1. The van der Waals surface area contributed by atoms with Crippen molar-refractivity contribution in [3.63, 3.8) is 0 Å². The Labute approximate surface area is 254 Å². The van der Waals surface area contributed by atoms with Crippen molar-refractivity contribution in [3.05, 3.63) is 87.8 Å². The van der Waals surface area contributed by atoms with Crippen molar-refractivity contribution in [2.24, 2.45) is 0 Å². The molecule has 2 N–H and O–H groups in total. The fraction of sp³-hybridized carbons (Fsp3) is 0.118. The van der Waals surface area contributed by atoms with Gasteiger partial charge in [0.2, 0.25) is 6.41 Å². The number of rotatable bonds is 4. The van der Waals surface area contributed by atoms with E-state index in [4.69, 9.17) is 15.7 Å². The summed E-state index contributed by atoms with van der Waals surface area (Å²) >= 11 is 3.10. The lowest BCUT2D eigenvalue weighted by molar-refractivity contribution is 0.0973. The fourth-order valence-electron chi connectivity index (χ4n) is 6.16. The van der Waals surface area contributed by atoms with Gasteiger partial charge in [-0.15, -0.1) is 22.7 Å². The van der Waals surface area contributed by atoms with Gasteiger partial charge >= 0.3 is 0 Å². The fourth-order valence-corrected chi connectivity index (χ4v) is 8.23. The molecule has 0 spiro atoms. The molecule has 0 fully saturated rings. The quantitative estimate of drug-likeness (QED) is 0.207. The van der Waals surface area contributed by atoms with Crippen molar-refractivity contribution < 1.29 is 9.59 Å². The molecule has 7 aromatic rings. The number of hydrogen-bond donors (Lipinski definition) is 1. The Bertz CT molecular complexity index is 2310. The number of nitrogen functional groups attached to an aromatic ring is 1. The maximum Gasteiger partial charge on any atom is 0.264 e. The summed E-state index contributed by atoms with van der Waals surface area (Å²) in [6, 6.07) is 19.6. The molecule has 0 amide bonds. The average Bonchev–Trinajstić information content (AvgIpc) is 3.78. The minimum Gasteiger partial charge on any atom is -0.390 e. The molecule has 0 radical (unpaired) electrons. The van der Waals surface area contributed by atoms with E-state index in [0.717, 1.165) is 55.1 Å². The van der Waals surface area contributed by atoms with Crippen LogP contribution in [0.4, 0.5) is 5.00 Å². The van der Waals surface area contributed by atoms with E-state index in [1.165, 1.54) is 16.2 Å². The first-order valence-corrected chi connectivity index (χ1v) is 15.5. The summed E-state index contributed by atoms with van der Waals surface area (Å²) in [5.41, 5.74) is 15.9. The van der Waals surface area contributed by atoms with Crippen molar-refractivity contribution >= 4 is 62.1 Å². The first-order valence-electron chi connectivity index (χ1n) is 13.9. The number of thiophene rings is 2. The number of carbonyl (C=O) groups excluding carboxylic acids is 2. The molecule has 0 saturated heterocycles. The molecular weight excluding hydrogens is 575 g/mol. The Morgan fingerprint density at radius 2 is 1.35 bits per heavy atom. The molecule has 0 atom stereocenters. The number of fused-ring (bicyclic) bond motifs is 6. The SMILES string of the molecule is Cc1ccccc1-c1nc2c(-c3cc(C)c(C)s3)c3nc4n(c3c(-c3cc(C)c(N)s3)c2n1C=O)C(=O)c1ccccc1-4. The lowest BCUT2D eigenvalue weighted by Gasteiger charge is -2.12. The van der Waals surface area contributed by atoms with Gasteiger partial charge in [-0.1, -0.05) is 42.5 Å². The molecule has 5 heterocycles. The zero-order valence-electron chi connectivity index (χ0n) is 23.9. The van der Waals surface area contributed by atoms with E-state index < -0.39 is 0 Å². The second kappa shape index (κ2) is 9.07. The molecular formula is C34H25N5O2S2. The van der Waals surface area contributed by atoms with Crippen LogP contribution in [0.1, 0.15) is 31.9 Å². The van der Waals surface area contributed by atoms with Crippen molar-refractivity contribution in [1.29, 1.82) is 0 Å². The summed E-state index contributed by atoms with van der Waals surface area (Å²) in [4.78, 5) is 40.7. The van der Waals surface area contributed by atoms with Crippen LogP contribution < -0.4 is 5.73 Å². The molecule has 0 aliphatic carbocycles. The summed E-state index contributed by atoms with van der Waals surface area (Å²) in [6.45, 7) is 8.16. The number of hydrogen-bond acceptors (Lipinski definition) is 7. The summed E-state index contributed by atoms with van der Waals surface area (Å²) in [6.07, 6.45) is 0.822. The number of nitrogens with zero attached hydrogens (tertiary/aromatic N) is 4. The maximum atomic E-state index is 14.1. The van der Waals surface area contributed by atoms with Crippen LogP contribution in [0.5, 0.6) is 0 Å². The molecule has 8 rings (SSSR count). The Hall–Kier alpha value is -4.86. The molecule has 1 aliphatic heterocycles. The van der Waals surface area contributed by atoms with E-state index in [1.807, 2.05) is 68.4 Å². The van der Waals surface area contributed by atoms with Gasteiger partial charge in [0.1, 0.15) is 22.7 Å². The Morgan fingerprint density at radius 1 is 0.721 bits per heavy atom. The lowest BCUT2D eigenvalue weighted by Crippen LogP contribution is -2.07. The topological polar surface area (TPSA) is 95.8 Å². The minimum absolute atomic E-state index is 0.143. The van der Waals surface area contributed by atoms with Gasteiger partial charge in [0, 0.05) is 36.9 Å². The highest BCUT2D eigenvalue weighted by Gasteiger charge is 2.36. The van der Waals surface area contributed by atoms with Crippen LogP contribution in [0.15, 0.2) is 60.7 Å². The smallest absolute Gasteiger partial charge is 0.264 e. The Kier molecular flexibility index (Phi) is 5.44. The summed E-state index contributed by atoms with van der Waals surface area (Å²) < 4.78 is 3.34. The normalized spacial score (nSPS) is 12.4. The number of nitrogens with two attached hydrogens (primary N) is 1. The summed E-state index contributed by atoms with van der Waals surface area (Å²) in [5, 5.41) is 0.678. The van der Waals surface area contributed by atoms with Crippen molar-refractivity contribution in [2.45, 2.75) is 27.7 Å². The van der Waals surface area contributed by atoms with Crippen LogP contribution >= 0.6 is 22.7 Å². The lowest BCUT2D eigenvalue weighted by atomic mass is 10.0. The van der Waals surface area contributed by atoms with Gasteiger partial charge in [0.15, 0.2) is 0 Å². The van der Waals surface area contributed by atoms with Crippen LogP contribution in [0.25, 0.3) is 65.7 Å². The van der Waals surface area contributed by atoms with Gasteiger partial charge in [-0.25, -0.2) is 9.97 Å². The van der Waals surface area contributed by atoms with Gasteiger partial charge in [-0.2, -0.15) is 0 Å². The van der Waals surface area contributed by atoms with Crippen LogP contribution in [0.2, 0.25) is 0 Å². The van der Waals surface area contributed by atoms with Crippen LogP contribution in [0.3, 0.4) is 0 Å². The number of aryl methyl sites for hydroxylation is 4. The van der Waals surface area contributed by atoms with Crippen LogP contribution in [-0.4, -0.2) is 31.4 Å². The largest absolute Gasteiger partial charge is 0.390 e. The van der Waals surface area contributed by atoms with Crippen LogP contribution in [0, 0.1) is 27.7 Å². The predicted octanol–water partition coefficient (Wildman–Crippen LogP) is 8.03. The second-order valence-corrected chi connectivity index (χ2v) is 13.3. The van der Waals surface area contributed by atoms with E-state index in [0.29, 0.717) is 44.3 Å². The molecule has 43 heavy (non-hydrogen) atoms. The van der Waals surface area contributed by atoms with E-state index >= 15 is 0 Å². The molecule has 9 heteroatoms. The molecule has 0 bridgehead atoms. The maximum absolute atomic E-state index is 14.1. The standard InChI is InChI=1S/C34H25N5O2S2/c1-16-9-5-6-10-20(16)32-36-27-25(23-13-17(2)19(4)42-23)28-30(39-33(37-28)21-11-7-8-12-22(21)34(39)41)26(29(27)38(32)15-40)24-14-18(3)31(35)43-24/h5-15H,35H2,1-4H3. The zero-order chi connectivity index (χ0) is 29.7. The number of imidazole rings is 2. The predicted molar refractivity (Wildman–Crippen MR) is 176 cm³/mol.